The van der Waals surface area contributed by atoms with Gasteiger partial charge in [-0.3, -0.25) is 9.48 Å². The van der Waals surface area contributed by atoms with Gasteiger partial charge in [0.2, 0.25) is 0 Å². The first-order valence-electron chi connectivity index (χ1n) is 6.59. The zero-order valence-corrected chi connectivity index (χ0v) is 11.3. The Morgan fingerprint density at radius 3 is 2.95 bits per heavy atom. The molecule has 3 rings (SSSR count). The molecule has 1 aliphatic heterocycles. The Morgan fingerprint density at radius 1 is 1.42 bits per heavy atom. The highest BCUT2D eigenvalue weighted by Crippen LogP contribution is 2.20. The maximum atomic E-state index is 12.6. The summed E-state index contributed by atoms with van der Waals surface area (Å²) in [7, 11) is 3.81. The van der Waals surface area contributed by atoms with E-state index >= 15 is 0 Å². The van der Waals surface area contributed by atoms with Gasteiger partial charge in [0.05, 0.1) is 5.52 Å². The molecule has 0 radical (unpaired) electrons. The summed E-state index contributed by atoms with van der Waals surface area (Å²) in [6.45, 7) is 1.56. The number of hydrogen-bond donors (Lipinski definition) is 1. The lowest BCUT2D eigenvalue weighted by Gasteiger charge is -2.15. The molecular formula is C14H18N4O. The fourth-order valence-electron chi connectivity index (χ4n) is 2.70. The number of aryl methyl sites for hydroxylation is 1. The van der Waals surface area contributed by atoms with Crippen molar-refractivity contribution in [3.05, 3.63) is 30.0 Å². The number of hydrogen-bond acceptors (Lipinski definition) is 3. The highest BCUT2D eigenvalue weighted by molar-refractivity contribution is 6.04. The zero-order valence-electron chi connectivity index (χ0n) is 11.3. The van der Waals surface area contributed by atoms with Crippen molar-refractivity contribution < 1.29 is 4.79 Å². The summed E-state index contributed by atoms with van der Waals surface area (Å²) in [5.41, 5.74) is 1.56. The molecule has 1 amide bonds. The molecule has 1 unspecified atom stereocenters. The quantitative estimate of drug-likeness (QED) is 0.874. The van der Waals surface area contributed by atoms with Crippen molar-refractivity contribution in [3.63, 3.8) is 0 Å². The number of nitrogens with one attached hydrogen (secondary N) is 1. The van der Waals surface area contributed by atoms with Gasteiger partial charge in [0.15, 0.2) is 5.69 Å². The lowest BCUT2D eigenvalue weighted by Crippen LogP contribution is -2.33. The molecule has 2 aromatic rings. The second-order valence-corrected chi connectivity index (χ2v) is 5.01. The summed E-state index contributed by atoms with van der Waals surface area (Å²) in [6, 6.07) is 8.26. The Kier molecular flexibility index (Phi) is 2.98. The third-order valence-electron chi connectivity index (χ3n) is 3.84. The van der Waals surface area contributed by atoms with Crippen LogP contribution in [0.1, 0.15) is 16.9 Å². The molecule has 5 heteroatoms. The molecule has 0 bridgehead atoms. The molecule has 0 aliphatic carbocycles. The molecule has 5 nitrogen and oxygen atoms in total. The smallest absolute Gasteiger partial charge is 0.275 e. The monoisotopic (exact) mass is 258 g/mol. The lowest BCUT2D eigenvalue weighted by atomic mass is 10.2. The molecule has 0 saturated carbocycles. The molecule has 1 aromatic heterocycles. The highest BCUT2D eigenvalue weighted by atomic mass is 16.2. The molecular weight excluding hydrogens is 240 g/mol. The number of rotatable bonds is 2. The van der Waals surface area contributed by atoms with Crippen molar-refractivity contribution in [2.24, 2.45) is 7.05 Å². The molecule has 19 heavy (non-hydrogen) atoms. The molecule has 2 heterocycles. The molecule has 100 valence electrons. The molecule has 1 saturated heterocycles. The van der Waals surface area contributed by atoms with Crippen molar-refractivity contribution in [2.75, 3.05) is 20.1 Å². The average molecular weight is 258 g/mol. The van der Waals surface area contributed by atoms with Crippen LogP contribution in [0.4, 0.5) is 0 Å². The minimum atomic E-state index is 0.0366. The van der Waals surface area contributed by atoms with Crippen LogP contribution in [0.5, 0.6) is 0 Å². The van der Waals surface area contributed by atoms with Crippen LogP contribution >= 0.6 is 0 Å². The summed E-state index contributed by atoms with van der Waals surface area (Å²) in [5.74, 6) is 0.0366. The van der Waals surface area contributed by atoms with E-state index in [0.717, 1.165) is 30.4 Å². The second kappa shape index (κ2) is 4.66. The summed E-state index contributed by atoms with van der Waals surface area (Å²) >= 11 is 0. The summed E-state index contributed by atoms with van der Waals surface area (Å²) in [4.78, 5) is 14.4. The van der Waals surface area contributed by atoms with Gasteiger partial charge in [-0.25, -0.2) is 0 Å². The first-order chi connectivity index (χ1) is 9.20. The number of carbonyl (C=O) groups is 1. The number of likely N-dealkylation sites (tertiary alicyclic amines) is 1. The number of amides is 1. The minimum absolute atomic E-state index is 0.0366. The van der Waals surface area contributed by atoms with Gasteiger partial charge in [-0.1, -0.05) is 18.2 Å². The van der Waals surface area contributed by atoms with Gasteiger partial charge in [0, 0.05) is 31.6 Å². The minimum Gasteiger partial charge on any atom is -0.336 e. The van der Waals surface area contributed by atoms with E-state index in [0.29, 0.717) is 11.7 Å². The van der Waals surface area contributed by atoms with E-state index in [-0.39, 0.29) is 5.91 Å². The largest absolute Gasteiger partial charge is 0.336 e. The number of aromatic nitrogens is 2. The topological polar surface area (TPSA) is 50.2 Å². The van der Waals surface area contributed by atoms with E-state index in [1.54, 1.807) is 4.68 Å². The van der Waals surface area contributed by atoms with Gasteiger partial charge in [-0.05, 0) is 19.5 Å². The number of likely N-dealkylation sites (N-methyl/N-ethyl adjacent to an activating group) is 1. The van der Waals surface area contributed by atoms with Gasteiger partial charge in [0.1, 0.15) is 0 Å². The SMILES string of the molecule is CNC1CCN(C(=O)c2nn(C)c3ccccc23)C1. The van der Waals surface area contributed by atoms with Gasteiger partial charge >= 0.3 is 0 Å². The van der Waals surface area contributed by atoms with Crippen LogP contribution in [0.25, 0.3) is 10.9 Å². The van der Waals surface area contributed by atoms with E-state index in [1.165, 1.54) is 0 Å². The number of nitrogens with zero attached hydrogens (tertiary/aromatic N) is 3. The number of fused-ring (bicyclic) bond motifs is 1. The van der Waals surface area contributed by atoms with Crippen LogP contribution < -0.4 is 5.32 Å². The van der Waals surface area contributed by atoms with Crippen molar-refractivity contribution in [2.45, 2.75) is 12.5 Å². The number of benzene rings is 1. The second-order valence-electron chi connectivity index (χ2n) is 5.01. The molecule has 1 atom stereocenters. The van der Waals surface area contributed by atoms with Crippen molar-refractivity contribution >= 4 is 16.8 Å². The predicted molar refractivity (Wildman–Crippen MR) is 74.1 cm³/mol. The van der Waals surface area contributed by atoms with E-state index < -0.39 is 0 Å². The van der Waals surface area contributed by atoms with E-state index in [4.69, 9.17) is 0 Å². The first kappa shape index (κ1) is 12.2. The summed E-state index contributed by atoms with van der Waals surface area (Å²) in [5, 5.41) is 8.55. The van der Waals surface area contributed by atoms with Crippen LogP contribution in [0.15, 0.2) is 24.3 Å². The molecule has 1 fully saturated rings. The van der Waals surface area contributed by atoms with E-state index in [1.807, 2.05) is 43.3 Å². The zero-order chi connectivity index (χ0) is 13.4. The molecule has 1 N–H and O–H groups in total. The van der Waals surface area contributed by atoms with E-state index in [2.05, 4.69) is 10.4 Å². The Balaban J connectivity index is 1.94. The van der Waals surface area contributed by atoms with Gasteiger partial charge < -0.3 is 10.2 Å². The van der Waals surface area contributed by atoms with Crippen molar-refractivity contribution in [3.8, 4) is 0 Å². The molecule has 0 spiro atoms. The normalized spacial score (nSPS) is 19.3. The Hall–Kier alpha value is -1.88. The number of para-hydroxylation sites is 1. The van der Waals surface area contributed by atoms with Gasteiger partial charge in [-0.2, -0.15) is 5.10 Å². The van der Waals surface area contributed by atoms with Gasteiger partial charge in [0.25, 0.3) is 5.91 Å². The maximum Gasteiger partial charge on any atom is 0.275 e. The standard InChI is InChI=1S/C14H18N4O/c1-15-10-7-8-18(9-10)14(19)13-11-5-3-4-6-12(11)17(2)16-13/h3-6,10,15H,7-9H2,1-2H3. The fourth-order valence-corrected chi connectivity index (χ4v) is 2.70. The Bertz CT molecular complexity index is 619. The Labute approximate surface area is 112 Å². The third kappa shape index (κ3) is 2.00. The Morgan fingerprint density at radius 2 is 2.21 bits per heavy atom. The van der Waals surface area contributed by atoms with Crippen molar-refractivity contribution in [1.82, 2.24) is 20.0 Å². The molecule has 1 aliphatic rings. The van der Waals surface area contributed by atoms with Crippen LogP contribution in [-0.4, -0.2) is 46.8 Å². The summed E-state index contributed by atoms with van der Waals surface area (Å²) in [6.07, 6.45) is 1.01. The fraction of sp³-hybridized carbons (Fsp3) is 0.429. The molecule has 1 aromatic carbocycles. The highest BCUT2D eigenvalue weighted by Gasteiger charge is 2.28. The van der Waals surface area contributed by atoms with Crippen LogP contribution in [-0.2, 0) is 7.05 Å². The average Bonchev–Trinajstić information content (AvgIpc) is 3.04. The predicted octanol–water partition coefficient (Wildman–Crippen LogP) is 1.01. The van der Waals surface area contributed by atoms with E-state index in [9.17, 15) is 4.79 Å². The van der Waals surface area contributed by atoms with Crippen LogP contribution in [0, 0.1) is 0 Å². The maximum absolute atomic E-state index is 12.6. The number of carbonyl (C=O) groups excluding carboxylic acids is 1. The van der Waals surface area contributed by atoms with Crippen LogP contribution in [0.3, 0.4) is 0 Å². The summed E-state index contributed by atoms with van der Waals surface area (Å²) < 4.78 is 1.77. The third-order valence-corrected chi connectivity index (χ3v) is 3.84. The lowest BCUT2D eigenvalue weighted by molar-refractivity contribution is 0.0785. The van der Waals surface area contributed by atoms with Crippen molar-refractivity contribution in [1.29, 1.82) is 0 Å². The first-order valence-corrected chi connectivity index (χ1v) is 6.59. The van der Waals surface area contributed by atoms with Gasteiger partial charge in [-0.15, -0.1) is 0 Å². The van der Waals surface area contributed by atoms with Crippen LogP contribution in [0.2, 0.25) is 0 Å².